The summed E-state index contributed by atoms with van der Waals surface area (Å²) in [5.74, 6) is 1.18. The summed E-state index contributed by atoms with van der Waals surface area (Å²) in [4.78, 5) is 15.1. The lowest BCUT2D eigenvalue weighted by Gasteiger charge is -2.16. The van der Waals surface area contributed by atoms with Crippen molar-refractivity contribution in [3.05, 3.63) is 70.1 Å². The highest BCUT2D eigenvalue weighted by atomic mass is 35.5. The van der Waals surface area contributed by atoms with E-state index in [1.54, 1.807) is 18.2 Å². The Morgan fingerprint density at radius 2 is 1.97 bits per heavy atom. The molecular weight excluding hydrogens is 438 g/mol. The van der Waals surface area contributed by atoms with Gasteiger partial charge < -0.3 is 9.47 Å². The first-order valence-corrected chi connectivity index (χ1v) is 11.2. The van der Waals surface area contributed by atoms with Crippen LogP contribution in [0.2, 0.25) is 5.02 Å². The Morgan fingerprint density at radius 1 is 1.20 bits per heavy atom. The van der Waals surface area contributed by atoms with Crippen molar-refractivity contribution in [3.8, 4) is 11.5 Å². The second-order valence-electron chi connectivity index (χ2n) is 6.36. The van der Waals surface area contributed by atoms with Crippen molar-refractivity contribution in [2.24, 2.45) is 0 Å². The summed E-state index contributed by atoms with van der Waals surface area (Å²) in [6, 6.07) is 11.0. The number of carbonyl (C=O) groups excluding carboxylic acids is 1. The summed E-state index contributed by atoms with van der Waals surface area (Å²) < 4.78 is 12.1. The van der Waals surface area contributed by atoms with Crippen molar-refractivity contribution in [1.82, 2.24) is 0 Å². The number of carbonyl (C=O) groups is 1. The third-order valence-electron chi connectivity index (χ3n) is 4.26. The van der Waals surface area contributed by atoms with Gasteiger partial charge in [-0.2, -0.15) is 0 Å². The van der Waals surface area contributed by atoms with E-state index in [9.17, 15) is 4.79 Å². The van der Waals surface area contributed by atoms with Crippen LogP contribution in [0, 0.1) is 0 Å². The van der Waals surface area contributed by atoms with E-state index in [-0.39, 0.29) is 5.91 Å². The fraction of sp³-hybridized carbons (Fsp3) is 0.217. The molecular formula is C23H22ClNO3S2. The van der Waals surface area contributed by atoms with Crippen molar-refractivity contribution < 1.29 is 14.3 Å². The van der Waals surface area contributed by atoms with Crippen LogP contribution in [0.25, 0.3) is 6.08 Å². The first-order valence-electron chi connectivity index (χ1n) is 9.55. The summed E-state index contributed by atoms with van der Waals surface area (Å²) in [7, 11) is 0. The number of nitrogens with zero attached hydrogens (tertiary/aromatic N) is 1. The maximum absolute atomic E-state index is 13.1. The minimum atomic E-state index is -0.176. The molecule has 0 bridgehead atoms. The lowest BCUT2D eigenvalue weighted by atomic mass is 10.0. The van der Waals surface area contributed by atoms with Gasteiger partial charge in [0.15, 0.2) is 15.8 Å². The van der Waals surface area contributed by atoms with Gasteiger partial charge in [0, 0.05) is 10.6 Å². The van der Waals surface area contributed by atoms with Crippen molar-refractivity contribution in [3.63, 3.8) is 0 Å². The summed E-state index contributed by atoms with van der Waals surface area (Å²) >= 11 is 12.8. The molecule has 1 heterocycles. The topological polar surface area (TPSA) is 38.8 Å². The maximum atomic E-state index is 13.1. The first-order chi connectivity index (χ1) is 14.5. The average Bonchev–Trinajstić information content (AvgIpc) is 2.98. The van der Waals surface area contributed by atoms with E-state index >= 15 is 0 Å². The van der Waals surface area contributed by atoms with E-state index in [1.165, 1.54) is 16.7 Å². The Kier molecular flexibility index (Phi) is 7.58. The highest BCUT2D eigenvalue weighted by Gasteiger charge is 2.33. The lowest BCUT2D eigenvalue weighted by Crippen LogP contribution is -2.27. The number of halogens is 1. The molecule has 0 N–H and O–H groups in total. The van der Waals surface area contributed by atoms with Gasteiger partial charge in [0.1, 0.15) is 0 Å². The number of anilines is 1. The van der Waals surface area contributed by atoms with Crippen LogP contribution in [0.1, 0.15) is 25.0 Å². The summed E-state index contributed by atoms with van der Waals surface area (Å²) in [6.07, 6.45) is 4.27. The van der Waals surface area contributed by atoms with E-state index in [1.807, 2.05) is 44.2 Å². The normalized spacial score (nSPS) is 15.0. The third-order valence-corrected chi connectivity index (χ3v) is 5.80. The molecule has 30 heavy (non-hydrogen) atoms. The minimum Gasteiger partial charge on any atom is -0.490 e. The number of allylic oxidation sites excluding steroid dienone is 1. The van der Waals surface area contributed by atoms with Gasteiger partial charge in [-0.05, 0) is 62.2 Å². The molecule has 1 amide bonds. The van der Waals surface area contributed by atoms with Gasteiger partial charge >= 0.3 is 0 Å². The van der Waals surface area contributed by atoms with Crippen LogP contribution in [-0.2, 0) is 11.2 Å². The summed E-state index contributed by atoms with van der Waals surface area (Å²) in [5.41, 5.74) is 2.45. The van der Waals surface area contributed by atoms with Crippen molar-refractivity contribution in [2.75, 3.05) is 18.1 Å². The highest BCUT2D eigenvalue weighted by Crippen LogP contribution is 2.39. The maximum Gasteiger partial charge on any atom is 0.270 e. The van der Waals surface area contributed by atoms with Crippen LogP contribution in [0.5, 0.6) is 11.5 Å². The second-order valence-corrected chi connectivity index (χ2v) is 8.48. The third kappa shape index (κ3) is 4.89. The number of ether oxygens (including phenoxy) is 2. The van der Waals surface area contributed by atoms with Crippen LogP contribution in [0.15, 0.2) is 54.0 Å². The zero-order chi connectivity index (χ0) is 21.7. The molecule has 0 aromatic heterocycles. The molecule has 0 saturated carbocycles. The van der Waals surface area contributed by atoms with Crippen LogP contribution >= 0.6 is 35.6 Å². The standard InChI is InChI=1S/C23H22ClNO3S2/c1-4-8-16-11-15(12-19(27-5-2)21(16)28-6-3)13-20-22(26)25(23(29)30-20)18-10-7-9-17(24)14-18/h4,7,9-14H,1,5-6,8H2,2-3H3/b20-13-. The fourth-order valence-corrected chi connectivity index (χ4v) is 4.59. The number of thioether (sulfide) groups is 1. The van der Waals surface area contributed by atoms with Gasteiger partial charge in [0.05, 0.1) is 23.8 Å². The number of hydrogen-bond acceptors (Lipinski definition) is 5. The van der Waals surface area contributed by atoms with E-state index in [0.29, 0.717) is 51.1 Å². The number of hydrogen-bond donors (Lipinski definition) is 0. The Bertz CT molecular complexity index is 1020. The van der Waals surface area contributed by atoms with Crippen LogP contribution in [0.4, 0.5) is 5.69 Å². The molecule has 3 rings (SSSR count). The quantitative estimate of drug-likeness (QED) is 0.264. The Labute approximate surface area is 191 Å². The molecule has 1 fully saturated rings. The van der Waals surface area contributed by atoms with E-state index < -0.39 is 0 Å². The highest BCUT2D eigenvalue weighted by molar-refractivity contribution is 8.27. The van der Waals surface area contributed by atoms with E-state index in [2.05, 4.69) is 6.58 Å². The van der Waals surface area contributed by atoms with Crippen molar-refractivity contribution in [1.29, 1.82) is 0 Å². The van der Waals surface area contributed by atoms with Gasteiger partial charge in [-0.15, -0.1) is 6.58 Å². The van der Waals surface area contributed by atoms with Crippen molar-refractivity contribution >= 4 is 57.6 Å². The van der Waals surface area contributed by atoms with E-state index in [0.717, 1.165) is 11.1 Å². The van der Waals surface area contributed by atoms with Gasteiger partial charge in [-0.25, -0.2) is 0 Å². The summed E-state index contributed by atoms with van der Waals surface area (Å²) in [5, 5.41) is 0.549. The number of thiocarbonyl (C=S) groups is 1. The molecule has 1 aliphatic heterocycles. The monoisotopic (exact) mass is 459 g/mol. The predicted molar refractivity (Wildman–Crippen MR) is 130 cm³/mol. The molecule has 0 spiro atoms. The molecule has 156 valence electrons. The fourth-order valence-electron chi connectivity index (χ4n) is 3.10. The Balaban J connectivity index is 2.00. The molecule has 2 aromatic rings. The minimum absolute atomic E-state index is 0.176. The lowest BCUT2D eigenvalue weighted by molar-refractivity contribution is -0.113. The molecule has 1 saturated heterocycles. The smallest absolute Gasteiger partial charge is 0.270 e. The zero-order valence-corrected chi connectivity index (χ0v) is 19.2. The molecule has 1 aliphatic rings. The van der Waals surface area contributed by atoms with Crippen LogP contribution in [-0.4, -0.2) is 23.4 Å². The molecule has 0 unspecified atom stereocenters. The molecule has 0 radical (unpaired) electrons. The van der Waals surface area contributed by atoms with Gasteiger partial charge in [0.2, 0.25) is 0 Å². The van der Waals surface area contributed by atoms with E-state index in [4.69, 9.17) is 33.3 Å². The molecule has 4 nitrogen and oxygen atoms in total. The van der Waals surface area contributed by atoms with Gasteiger partial charge in [0.25, 0.3) is 5.91 Å². The average molecular weight is 460 g/mol. The number of rotatable bonds is 8. The molecule has 0 aliphatic carbocycles. The molecule has 0 atom stereocenters. The number of benzene rings is 2. The summed E-state index contributed by atoms with van der Waals surface area (Å²) in [6.45, 7) is 8.73. The SMILES string of the molecule is C=CCc1cc(/C=C2\SC(=S)N(c3cccc(Cl)c3)C2=O)cc(OCC)c1OCC. The Hall–Kier alpha value is -2.28. The molecule has 7 heteroatoms. The second kappa shape index (κ2) is 10.2. The predicted octanol–water partition coefficient (Wildman–Crippen LogP) is 6.27. The molecule has 2 aromatic carbocycles. The number of amides is 1. The van der Waals surface area contributed by atoms with Crippen LogP contribution in [0.3, 0.4) is 0 Å². The van der Waals surface area contributed by atoms with Gasteiger partial charge in [-0.3, -0.25) is 9.69 Å². The zero-order valence-electron chi connectivity index (χ0n) is 16.8. The first kappa shape index (κ1) is 22.4. The Morgan fingerprint density at radius 3 is 2.63 bits per heavy atom. The van der Waals surface area contributed by atoms with Crippen molar-refractivity contribution in [2.45, 2.75) is 20.3 Å². The largest absolute Gasteiger partial charge is 0.490 e. The van der Waals surface area contributed by atoms with Crippen LogP contribution < -0.4 is 14.4 Å². The van der Waals surface area contributed by atoms with Gasteiger partial charge in [-0.1, -0.05) is 47.7 Å².